The van der Waals surface area contributed by atoms with Crippen molar-refractivity contribution in [3.05, 3.63) is 54.6 Å². The van der Waals surface area contributed by atoms with E-state index in [0.29, 0.717) is 11.9 Å². The second-order valence-corrected chi connectivity index (χ2v) is 8.60. The van der Waals surface area contributed by atoms with Crippen LogP contribution in [0, 0.1) is 5.92 Å². The van der Waals surface area contributed by atoms with Gasteiger partial charge in [-0.2, -0.15) is 10.1 Å². The molecule has 166 valence electrons. The number of nitrogens with one attached hydrogen (secondary N) is 1. The quantitative estimate of drug-likeness (QED) is 0.406. The standard InChI is InChI=1S/C23H24N10/c1-3-14(2)32-21-19(12-26-32)28-23(33-27-13-25-31-33)30-22(21)29-20(15-8-9-15)17-10-16-6-4-5-7-18(16)24-11-17/h4-7,10-15,20H,3,8-9H2,1-2H3,(H,28,29,30)/t14?,20-/m1/s1. The number of nitrogens with zero attached hydrogens (tertiary/aromatic N) is 9. The molecule has 1 fully saturated rings. The van der Waals surface area contributed by atoms with E-state index in [4.69, 9.17) is 9.97 Å². The third-order valence-corrected chi connectivity index (χ3v) is 6.33. The lowest BCUT2D eigenvalue weighted by molar-refractivity contribution is 0.492. The molecule has 33 heavy (non-hydrogen) atoms. The average Bonchev–Trinajstić information content (AvgIpc) is 3.36. The number of tetrazole rings is 1. The fourth-order valence-corrected chi connectivity index (χ4v) is 4.21. The Kier molecular flexibility index (Phi) is 4.70. The Morgan fingerprint density at radius 1 is 1.09 bits per heavy atom. The van der Waals surface area contributed by atoms with Crippen molar-refractivity contribution < 1.29 is 0 Å². The largest absolute Gasteiger partial charge is 0.361 e. The van der Waals surface area contributed by atoms with Gasteiger partial charge < -0.3 is 5.32 Å². The molecule has 5 aromatic rings. The monoisotopic (exact) mass is 440 g/mol. The van der Waals surface area contributed by atoms with Crippen molar-refractivity contribution in [3.63, 3.8) is 0 Å². The third-order valence-electron chi connectivity index (χ3n) is 6.33. The first-order valence-electron chi connectivity index (χ1n) is 11.3. The van der Waals surface area contributed by atoms with Crippen LogP contribution in [-0.2, 0) is 0 Å². The molecule has 0 aliphatic heterocycles. The van der Waals surface area contributed by atoms with Crippen LogP contribution in [0.25, 0.3) is 27.9 Å². The van der Waals surface area contributed by atoms with Crippen molar-refractivity contribution in [1.82, 2.24) is 44.9 Å². The average molecular weight is 441 g/mol. The Balaban J connectivity index is 1.48. The van der Waals surface area contributed by atoms with Gasteiger partial charge in [-0.05, 0) is 55.0 Å². The van der Waals surface area contributed by atoms with Crippen LogP contribution in [0.15, 0.2) is 49.1 Å². The van der Waals surface area contributed by atoms with Crippen molar-refractivity contribution in [2.45, 2.75) is 45.2 Å². The van der Waals surface area contributed by atoms with E-state index in [0.717, 1.165) is 39.7 Å². The highest BCUT2D eigenvalue weighted by atomic mass is 15.6. The van der Waals surface area contributed by atoms with Crippen LogP contribution in [0.5, 0.6) is 0 Å². The molecule has 1 aliphatic carbocycles. The molecule has 2 atom stereocenters. The van der Waals surface area contributed by atoms with Gasteiger partial charge in [-0.15, -0.1) is 10.2 Å². The second-order valence-electron chi connectivity index (χ2n) is 8.60. The first-order valence-corrected chi connectivity index (χ1v) is 11.3. The SMILES string of the molecule is CCC(C)n1ncc2nc(-n3ncnn3)nc(N[C@@H](c3cnc4ccccc4c3)C3CC3)c21. The van der Waals surface area contributed by atoms with E-state index in [9.17, 15) is 0 Å². The molecule has 1 saturated carbocycles. The zero-order chi connectivity index (χ0) is 22.4. The van der Waals surface area contributed by atoms with Gasteiger partial charge in [-0.1, -0.05) is 29.9 Å². The number of fused-ring (bicyclic) bond motifs is 2. The summed E-state index contributed by atoms with van der Waals surface area (Å²) in [5.41, 5.74) is 3.77. The summed E-state index contributed by atoms with van der Waals surface area (Å²) in [6.45, 7) is 4.29. The van der Waals surface area contributed by atoms with Crippen LogP contribution < -0.4 is 5.32 Å². The maximum Gasteiger partial charge on any atom is 0.273 e. The van der Waals surface area contributed by atoms with Crippen LogP contribution in [-0.4, -0.2) is 44.9 Å². The Morgan fingerprint density at radius 3 is 2.76 bits per heavy atom. The van der Waals surface area contributed by atoms with Crippen molar-refractivity contribution in [3.8, 4) is 5.95 Å². The molecule has 10 heteroatoms. The van der Waals surface area contributed by atoms with Gasteiger partial charge in [-0.25, -0.2) is 4.98 Å². The number of rotatable bonds is 7. The first kappa shape index (κ1) is 19.7. The fourth-order valence-electron chi connectivity index (χ4n) is 4.21. The number of aromatic nitrogens is 9. The lowest BCUT2D eigenvalue weighted by Gasteiger charge is -2.21. The van der Waals surface area contributed by atoms with E-state index < -0.39 is 0 Å². The van der Waals surface area contributed by atoms with Gasteiger partial charge in [0.05, 0.1) is 17.8 Å². The highest BCUT2D eigenvalue weighted by Gasteiger charge is 2.34. The molecule has 10 nitrogen and oxygen atoms in total. The van der Waals surface area contributed by atoms with E-state index in [1.54, 1.807) is 6.20 Å². The summed E-state index contributed by atoms with van der Waals surface area (Å²) in [5, 5.41) is 21.4. The van der Waals surface area contributed by atoms with Crippen molar-refractivity contribution in [2.75, 3.05) is 5.32 Å². The summed E-state index contributed by atoms with van der Waals surface area (Å²) in [5.74, 6) is 1.60. The van der Waals surface area contributed by atoms with Gasteiger partial charge in [0.15, 0.2) is 12.1 Å². The Hall–Kier alpha value is -3.95. The molecule has 4 heterocycles. The molecule has 0 saturated heterocycles. The Bertz CT molecular complexity index is 1420. The minimum atomic E-state index is 0.0806. The van der Waals surface area contributed by atoms with E-state index in [1.807, 2.05) is 29.1 Å². The molecular formula is C23H24N10. The molecule has 4 aromatic heterocycles. The normalized spacial score (nSPS) is 15.7. The van der Waals surface area contributed by atoms with Crippen LogP contribution in [0.1, 0.15) is 50.8 Å². The van der Waals surface area contributed by atoms with Crippen LogP contribution in [0.2, 0.25) is 0 Å². The first-order chi connectivity index (χ1) is 16.2. The van der Waals surface area contributed by atoms with Gasteiger partial charge in [0.25, 0.3) is 5.95 Å². The summed E-state index contributed by atoms with van der Waals surface area (Å²) >= 11 is 0. The topological polar surface area (TPSA) is 112 Å². The van der Waals surface area contributed by atoms with Gasteiger partial charge >= 0.3 is 0 Å². The van der Waals surface area contributed by atoms with E-state index in [1.165, 1.54) is 24.0 Å². The lowest BCUT2D eigenvalue weighted by atomic mass is 10.0. The number of hydrogen-bond donors (Lipinski definition) is 1. The predicted molar refractivity (Wildman–Crippen MR) is 124 cm³/mol. The maximum atomic E-state index is 4.83. The zero-order valence-electron chi connectivity index (χ0n) is 18.5. The van der Waals surface area contributed by atoms with Crippen LogP contribution in [0.4, 0.5) is 5.82 Å². The fraction of sp³-hybridized carbons (Fsp3) is 0.348. The van der Waals surface area contributed by atoms with Gasteiger partial charge in [-0.3, -0.25) is 9.67 Å². The summed E-state index contributed by atoms with van der Waals surface area (Å²) in [6.07, 6.45) is 8.41. The van der Waals surface area contributed by atoms with Gasteiger partial charge in [0, 0.05) is 17.6 Å². The summed E-state index contributed by atoms with van der Waals surface area (Å²) < 4.78 is 2.00. The van der Waals surface area contributed by atoms with Gasteiger partial charge in [0.1, 0.15) is 11.0 Å². The van der Waals surface area contributed by atoms with E-state index >= 15 is 0 Å². The molecule has 0 bridgehead atoms. The second kappa shape index (κ2) is 7.88. The van der Waals surface area contributed by atoms with Gasteiger partial charge in [0.2, 0.25) is 0 Å². The lowest BCUT2D eigenvalue weighted by Crippen LogP contribution is -2.18. The molecule has 1 N–H and O–H groups in total. The number of anilines is 1. The van der Waals surface area contributed by atoms with Crippen molar-refractivity contribution >= 4 is 27.8 Å². The molecule has 1 unspecified atom stereocenters. The smallest absolute Gasteiger partial charge is 0.273 e. The number of hydrogen-bond acceptors (Lipinski definition) is 8. The zero-order valence-corrected chi connectivity index (χ0v) is 18.5. The number of para-hydroxylation sites is 1. The molecule has 0 spiro atoms. The highest BCUT2D eigenvalue weighted by Crippen LogP contribution is 2.43. The summed E-state index contributed by atoms with van der Waals surface area (Å²) in [7, 11) is 0. The minimum absolute atomic E-state index is 0.0806. The molecule has 0 radical (unpaired) electrons. The minimum Gasteiger partial charge on any atom is -0.361 e. The van der Waals surface area contributed by atoms with Crippen molar-refractivity contribution in [2.24, 2.45) is 5.92 Å². The van der Waals surface area contributed by atoms with Crippen molar-refractivity contribution in [1.29, 1.82) is 0 Å². The Labute approximate surface area is 190 Å². The summed E-state index contributed by atoms with van der Waals surface area (Å²) in [4.78, 5) is 15.5. The van der Waals surface area contributed by atoms with E-state index in [-0.39, 0.29) is 12.1 Å². The Morgan fingerprint density at radius 2 is 1.97 bits per heavy atom. The van der Waals surface area contributed by atoms with Crippen LogP contribution >= 0.6 is 0 Å². The van der Waals surface area contributed by atoms with Crippen LogP contribution in [0.3, 0.4) is 0 Å². The molecule has 1 aliphatic rings. The molecule has 6 rings (SSSR count). The highest BCUT2D eigenvalue weighted by molar-refractivity contribution is 5.86. The third kappa shape index (κ3) is 3.57. The summed E-state index contributed by atoms with van der Waals surface area (Å²) in [6, 6.07) is 10.7. The molecule has 0 amide bonds. The molecular weight excluding hydrogens is 416 g/mol. The maximum absolute atomic E-state index is 4.83. The number of pyridine rings is 1. The molecule has 1 aromatic carbocycles. The van der Waals surface area contributed by atoms with E-state index in [2.05, 4.69) is 56.8 Å². The number of benzene rings is 1. The predicted octanol–water partition coefficient (Wildman–Crippen LogP) is 3.88.